The van der Waals surface area contributed by atoms with E-state index in [1.54, 1.807) is 0 Å². The van der Waals surface area contributed by atoms with Crippen LogP contribution in [0.15, 0.2) is 0 Å². The fraction of sp³-hybridized carbons (Fsp3) is 1.00. The maximum absolute atomic E-state index is 9.96. The predicted octanol–water partition coefficient (Wildman–Crippen LogP) is 6.64. The Balaban J connectivity index is 3.32. The van der Waals surface area contributed by atoms with Gasteiger partial charge in [0.05, 0.1) is 0 Å². The van der Waals surface area contributed by atoms with Crippen LogP contribution in [0.4, 0.5) is 0 Å². The number of rotatable bonds is 18. The molecule has 3 heteroatoms. The molecule has 0 aliphatic heterocycles. The highest BCUT2D eigenvalue weighted by Gasteiger charge is 2.11. The normalized spacial score (nSPS) is 14.1. The molecule has 0 amide bonds. The first-order valence-electron chi connectivity index (χ1n) is 10.2. The van der Waals surface area contributed by atoms with Crippen molar-refractivity contribution >= 4 is 11.8 Å². The van der Waals surface area contributed by atoms with Crippen LogP contribution in [0.25, 0.3) is 0 Å². The van der Waals surface area contributed by atoms with Gasteiger partial charge in [0.15, 0.2) is 0 Å². The lowest BCUT2D eigenvalue weighted by atomic mass is 10.1. The molecule has 0 saturated heterocycles. The minimum absolute atomic E-state index is 0.384. The van der Waals surface area contributed by atoms with E-state index < -0.39 is 0 Å². The highest BCUT2D eigenvalue weighted by molar-refractivity contribution is 8.00. The smallest absolute Gasteiger partial charge is 0.102 e. The van der Waals surface area contributed by atoms with Crippen molar-refractivity contribution in [3.05, 3.63) is 0 Å². The summed E-state index contributed by atoms with van der Waals surface area (Å²) in [7, 11) is 0. The molecule has 0 bridgehead atoms. The van der Waals surface area contributed by atoms with Gasteiger partial charge in [0, 0.05) is 0 Å². The molecular formula is C20H42O2S. The molecule has 0 aliphatic rings. The average Bonchev–Trinajstić information content (AvgIpc) is 2.53. The summed E-state index contributed by atoms with van der Waals surface area (Å²) in [6.07, 6.45) is 19.5. The number of unbranched alkanes of at least 4 members (excludes halogenated alkanes) is 12. The molecule has 23 heavy (non-hydrogen) atoms. The third-order valence-corrected chi connectivity index (χ3v) is 5.52. The number of thioether (sulfide) groups is 1. The van der Waals surface area contributed by atoms with Gasteiger partial charge in [0.25, 0.3) is 0 Å². The molecule has 0 heterocycles. The van der Waals surface area contributed by atoms with E-state index in [0.29, 0.717) is 0 Å². The second-order valence-corrected chi connectivity index (χ2v) is 8.23. The standard InChI is InChI=1S/C20H42O2S/c1-3-5-7-9-11-13-15-17-19(21)23-20(22)18-16-14-12-10-8-6-4-2/h19-22H,3-18H2,1-2H3. The van der Waals surface area contributed by atoms with E-state index in [2.05, 4.69) is 13.8 Å². The molecule has 2 N–H and O–H groups in total. The van der Waals surface area contributed by atoms with Gasteiger partial charge in [-0.1, -0.05) is 116 Å². The zero-order chi connectivity index (χ0) is 17.2. The summed E-state index contributed by atoms with van der Waals surface area (Å²) in [5.74, 6) is 0. The molecular weight excluding hydrogens is 304 g/mol. The largest absolute Gasteiger partial charge is 0.382 e. The Bertz CT molecular complexity index is 202. The summed E-state index contributed by atoms with van der Waals surface area (Å²) in [5, 5.41) is 19.9. The Morgan fingerprint density at radius 1 is 0.522 bits per heavy atom. The Morgan fingerprint density at radius 2 is 0.826 bits per heavy atom. The summed E-state index contributed by atoms with van der Waals surface area (Å²) in [6, 6.07) is 0. The molecule has 140 valence electrons. The number of aliphatic hydroxyl groups excluding tert-OH is 2. The van der Waals surface area contributed by atoms with E-state index >= 15 is 0 Å². The van der Waals surface area contributed by atoms with E-state index in [1.165, 1.54) is 88.8 Å². The predicted molar refractivity (Wildman–Crippen MR) is 105 cm³/mol. The lowest BCUT2D eigenvalue weighted by Crippen LogP contribution is -2.10. The lowest BCUT2D eigenvalue weighted by Gasteiger charge is -2.15. The minimum Gasteiger partial charge on any atom is -0.382 e. The van der Waals surface area contributed by atoms with E-state index in [4.69, 9.17) is 0 Å². The van der Waals surface area contributed by atoms with Crippen LogP contribution in [0.3, 0.4) is 0 Å². The summed E-state index contributed by atoms with van der Waals surface area (Å²) in [6.45, 7) is 4.48. The van der Waals surface area contributed by atoms with Crippen molar-refractivity contribution in [2.45, 2.75) is 127 Å². The minimum atomic E-state index is -0.384. The SMILES string of the molecule is CCCCCCCCCC(O)SC(O)CCCCCCCCC. The number of hydrogen-bond acceptors (Lipinski definition) is 3. The van der Waals surface area contributed by atoms with Crippen LogP contribution in [0.2, 0.25) is 0 Å². The van der Waals surface area contributed by atoms with Gasteiger partial charge in [0.2, 0.25) is 0 Å². The first-order chi connectivity index (χ1) is 11.2. The Labute approximate surface area is 149 Å². The lowest BCUT2D eigenvalue weighted by molar-refractivity contribution is 0.219. The van der Waals surface area contributed by atoms with Crippen molar-refractivity contribution in [3.63, 3.8) is 0 Å². The average molecular weight is 347 g/mol. The zero-order valence-corrected chi connectivity index (χ0v) is 16.6. The van der Waals surface area contributed by atoms with Gasteiger partial charge in [-0.05, 0) is 12.8 Å². The summed E-state index contributed by atoms with van der Waals surface area (Å²) in [4.78, 5) is 0. The second kappa shape index (κ2) is 18.6. The van der Waals surface area contributed by atoms with Gasteiger partial charge in [-0.2, -0.15) is 0 Å². The van der Waals surface area contributed by atoms with Gasteiger partial charge in [-0.15, -0.1) is 0 Å². The maximum Gasteiger partial charge on any atom is 0.102 e. The van der Waals surface area contributed by atoms with Gasteiger partial charge >= 0.3 is 0 Å². The van der Waals surface area contributed by atoms with Crippen LogP contribution in [-0.4, -0.2) is 21.1 Å². The molecule has 2 atom stereocenters. The molecule has 0 rings (SSSR count). The summed E-state index contributed by atoms with van der Waals surface area (Å²) < 4.78 is 0. The van der Waals surface area contributed by atoms with Crippen molar-refractivity contribution in [3.8, 4) is 0 Å². The van der Waals surface area contributed by atoms with E-state index in [1.807, 2.05) is 0 Å². The van der Waals surface area contributed by atoms with Crippen molar-refractivity contribution in [1.29, 1.82) is 0 Å². The van der Waals surface area contributed by atoms with Crippen LogP contribution >= 0.6 is 11.8 Å². The van der Waals surface area contributed by atoms with Crippen molar-refractivity contribution in [1.82, 2.24) is 0 Å². The van der Waals surface area contributed by atoms with Gasteiger partial charge in [0.1, 0.15) is 10.9 Å². The Hall–Kier alpha value is 0.270. The Kier molecular flexibility index (Phi) is 18.8. The molecule has 0 saturated carbocycles. The van der Waals surface area contributed by atoms with Crippen molar-refractivity contribution in [2.24, 2.45) is 0 Å². The van der Waals surface area contributed by atoms with Crippen LogP contribution < -0.4 is 0 Å². The molecule has 0 aromatic heterocycles. The topological polar surface area (TPSA) is 40.5 Å². The van der Waals surface area contributed by atoms with Crippen LogP contribution in [0.1, 0.15) is 117 Å². The zero-order valence-electron chi connectivity index (χ0n) is 15.8. The first-order valence-corrected chi connectivity index (χ1v) is 11.2. The molecule has 2 nitrogen and oxygen atoms in total. The van der Waals surface area contributed by atoms with Crippen LogP contribution in [-0.2, 0) is 0 Å². The third-order valence-electron chi connectivity index (χ3n) is 4.42. The second-order valence-electron chi connectivity index (χ2n) is 6.87. The van der Waals surface area contributed by atoms with Crippen LogP contribution in [0.5, 0.6) is 0 Å². The van der Waals surface area contributed by atoms with Gasteiger partial charge in [-0.3, -0.25) is 0 Å². The molecule has 2 unspecified atom stereocenters. The number of aliphatic hydroxyl groups is 2. The third kappa shape index (κ3) is 18.4. The fourth-order valence-corrected chi connectivity index (χ4v) is 3.84. The van der Waals surface area contributed by atoms with E-state index in [0.717, 1.165) is 25.7 Å². The molecule has 0 spiro atoms. The van der Waals surface area contributed by atoms with Crippen molar-refractivity contribution < 1.29 is 10.2 Å². The van der Waals surface area contributed by atoms with Crippen molar-refractivity contribution in [2.75, 3.05) is 0 Å². The van der Waals surface area contributed by atoms with Gasteiger partial charge < -0.3 is 10.2 Å². The van der Waals surface area contributed by atoms with E-state index in [9.17, 15) is 10.2 Å². The molecule has 0 aromatic carbocycles. The number of hydrogen-bond donors (Lipinski definition) is 2. The highest BCUT2D eigenvalue weighted by Crippen LogP contribution is 2.23. The molecule has 0 fully saturated rings. The summed E-state index contributed by atoms with van der Waals surface area (Å²) in [5.41, 5.74) is -0.768. The monoisotopic (exact) mass is 346 g/mol. The molecule has 0 aliphatic carbocycles. The summed E-state index contributed by atoms with van der Waals surface area (Å²) >= 11 is 1.35. The maximum atomic E-state index is 9.96. The Morgan fingerprint density at radius 3 is 1.17 bits per heavy atom. The fourth-order valence-electron chi connectivity index (χ4n) is 2.87. The highest BCUT2D eigenvalue weighted by atomic mass is 32.2. The van der Waals surface area contributed by atoms with E-state index in [-0.39, 0.29) is 10.9 Å². The molecule has 0 radical (unpaired) electrons. The molecule has 0 aromatic rings. The quantitative estimate of drug-likeness (QED) is 0.216. The first kappa shape index (κ1) is 23.3. The van der Waals surface area contributed by atoms with Gasteiger partial charge in [-0.25, -0.2) is 0 Å². The van der Waals surface area contributed by atoms with Crippen LogP contribution in [0, 0.1) is 0 Å².